The van der Waals surface area contributed by atoms with Crippen molar-refractivity contribution in [3.8, 4) is 17.2 Å². The topological polar surface area (TPSA) is 65.4 Å². The molecule has 6 nitrogen and oxygen atoms in total. The second-order valence-corrected chi connectivity index (χ2v) is 8.99. The largest absolute Gasteiger partial charge is 0.493 e. The summed E-state index contributed by atoms with van der Waals surface area (Å²) in [5.41, 5.74) is 4.99. The summed E-state index contributed by atoms with van der Waals surface area (Å²) >= 11 is 1.62. The van der Waals surface area contributed by atoms with Crippen LogP contribution in [0.3, 0.4) is 0 Å². The van der Waals surface area contributed by atoms with Crippen LogP contribution in [0.5, 0.6) is 11.5 Å². The third-order valence-corrected chi connectivity index (χ3v) is 6.86. The standard InChI is InChI=1S/C24H27N3O3S/c1-6-30-20-13-17(11-12-19(20)29-5)22-21-15(3)26-27(18-10-8-7-9-14(18)2)23(21)25-24(28)16(4)31-22/h7-13,16,22H,6H2,1-5H3,(H,25,28). The lowest BCUT2D eigenvalue weighted by molar-refractivity contribution is -0.115. The van der Waals surface area contributed by atoms with Gasteiger partial charge in [-0.25, -0.2) is 4.68 Å². The van der Waals surface area contributed by atoms with Crippen LogP contribution in [0.2, 0.25) is 0 Å². The maximum atomic E-state index is 12.9. The zero-order valence-electron chi connectivity index (χ0n) is 18.4. The number of rotatable bonds is 5. The molecule has 3 aromatic rings. The van der Waals surface area contributed by atoms with Crippen molar-refractivity contribution in [1.29, 1.82) is 0 Å². The molecule has 1 aromatic heterocycles. The fourth-order valence-corrected chi connectivity index (χ4v) is 5.18. The lowest BCUT2D eigenvalue weighted by atomic mass is 10.0. The minimum Gasteiger partial charge on any atom is -0.493 e. The van der Waals surface area contributed by atoms with Crippen LogP contribution in [-0.2, 0) is 4.79 Å². The Labute approximate surface area is 186 Å². The van der Waals surface area contributed by atoms with Crippen molar-refractivity contribution >= 4 is 23.5 Å². The monoisotopic (exact) mass is 437 g/mol. The van der Waals surface area contributed by atoms with Gasteiger partial charge in [0.25, 0.3) is 0 Å². The average molecular weight is 438 g/mol. The molecule has 4 rings (SSSR count). The van der Waals surface area contributed by atoms with E-state index < -0.39 is 0 Å². The molecule has 1 N–H and O–H groups in total. The first-order valence-corrected chi connectivity index (χ1v) is 11.3. The highest BCUT2D eigenvalue weighted by Crippen LogP contribution is 2.47. The van der Waals surface area contributed by atoms with Gasteiger partial charge in [0.2, 0.25) is 5.91 Å². The molecule has 1 aliphatic heterocycles. The SMILES string of the molecule is CCOc1cc(C2SC(C)C(=O)Nc3c2c(C)nn3-c2ccccc2C)ccc1OC. The molecule has 7 heteroatoms. The Morgan fingerprint density at radius 1 is 1.16 bits per heavy atom. The Bertz CT molecular complexity index is 1130. The van der Waals surface area contributed by atoms with Crippen LogP contribution in [0.15, 0.2) is 42.5 Å². The summed E-state index contributed by atoms with van der Waals surface area (Å²) < 4.78 is 13.1. The summed E-state index contributed by atoms with van der Waals surface area (Å²) in [7, 11) is 1.64. The number of methoxy groups -OCH3 is 1. The van der Waals surface area contributed by atoms with Crippen molar-refractivity contribution in [3.05, 3.63) is 64.8 Å². The molecular formula is C24H27N3O3S. The Balaban J connectivity index is 1.90. The number of aryl methyl sites for hydroxylation is 2. The quantitative estimate of drug-likeness (QED) is 0.604. The summed E-state index contributed by atoms with van der Waals surface area (Å²) in [5, 5.41) is 7.66. The Hall–Kier alpha value is -2.93. The van der Waals surface area contributed by atoms with E-state index in [0.29, 0.717) is 18.1 Å². The molecule has 0 fully saturated rings. The highest BCUT2D eigenvalue weighted by atomic mass is 32.2. The summed E-state index contributed by atoms with van der Waals surface area (Å²) in [6, 6.07) is 14.0. The number of ether oxygens (including phenoxy) is 2. The van der Waals surface area contributed by atoms with E-state index in [-0.39, 0.29) is 16.4 Å². The normalized spacial score (nSPS) is 18.2. The van der Waals surface area contributed by atoms with Gasteiger partial charge in [0.05, 0.1) is 35.6 Å². The van der Waals surface area contributed by atoms with Crippen LogP contribution >= 0.6 is 11.8 Å². The predicted molar refractivity (Wildman–Crippen MR) is 125 cm³/mol. The number of thioether (sulfide) groups is 1. The minimum atomic E-state index is -0.222. The van der Waals surface area contributed by atoms with Gasteiger partial charge >= 0.3 is 0 Å². The van der Waals surface area contributed by atoms with Gasteiger partial charge in [-0.2, -0.15) is 5.10 Å². The minimum absolute atomic E-state index is 0.0259. The number of para-hydroxylation sites is 1. The molecule has 2 atom stereocenters. The van der Waals surface area contributed by atoms with E-state index in [1.165, 1.54) is 0 Å². The number of benzene rings is 2. The number of nitrogens with one attached hydrogen (secondary N) is 1. The van der Waals surface area contributed by atoms with Crippen LogP contribution in [0, 0.1) is 13.8 Å². The Morgan fingerprint density at radius 2 is 1.94 bits per heavy atom. The summed E-state index contributed by atoms with van der Waals surface area (Å²) in [5.74, 6) is 2.10. The van der Waals surface area contributed by atoms with E-state index >= 15 is 0 Å². The molecular weight excluding hydrogens is 410 g/mol. The van der Waals surface area contributed by atoms with Crippen LogP contribution in [0.1, 0.15) is 41.5 Å². The van der Waals surface area contributed by atoms with Crippen LogP contribution in [0.4, 0.5) is 5.82 Å². The fraction of sp³-hybridized carbons (Fsp3) is 0.333. The number of anilines is 1. The molecule has 2 unspecified atom stereocenters. The number of aromatic nitrogens is 2. The Morgan fingerprint density at radius 3 is 2.65 bits per heavy atom. The molecule has 0 radical (unpaired) electrons. The molecule has 0 saturated carbocycles. The third kappa shape index (κ3) is 3.90. The number of nitrogens with zero attached hydrogens (tertiary/aromatic N) is 2. The van der Waals surface area contributed by atoms with Gasteiger partial charge in [-0.1, -0.05) is 24.3 Å². The van der Waals surface area contributed by atoms with Crippen LogP contribution in [0.25, 0.3) is 5.69 Å². The number of carbonyl (C=O) groups excluding carboxylic acids is 1. The van der Waals surface area contributed by atoms with Crippen LogP contribution in [-0.4, -0.2) is 34.7 Å². The molecule has 1 aliphatic rings. The molecule has 31 heavy (non-hydrogen) atoms. The number of hydrogen-bond donors (Lipinski definition) is 1. The maximum absolute atomic E-state index is 12.9. The highest BCUT2D eigenvalue weighted by molar-refractivity contribution is 8.01. The molecule has 2 aromatic carbocycles. The molecule has 2 heterocycles. The first kappa shape index (κ1) is 21.3. The molecule has 1 amide bonds. The summed E-state index contributed by atoms with van der Waals surface area (Å²) in [6.45, 7) is 8.47. The van der Waals surface area contributed by atoms with Gasteiger partial charge in [0, 0.05) is 5.56 Å². The van der Waals surface area contributed by atoms with Gasteiger partial charge < -0.3 is 14.8 Å². The second kappa shape index (κ2) is 8.67. The first-order valence-electron chi connectivity index (χ1n) is 10.4. The van der Waals surface area contributed by atoms with E-state index in [1.54, 1.807) is 18.9 Å². The van der Waals surface area contributed by atoms with Crippen molar-refractivity contribution < 1.29 is 14.3 Å². The van der Waals surface area contributed by atoms with Crippen molar-refractivity contribution in [2.75, 3.05) is 19.0 Å². The molecule has 0 saturated heterocycles. The van der Waals surface area contributed by atoms with Crippen molar-refractivity contribution in [2.45, 2.75) is 38.2 Å². The fourth-order valence-electron chi connectivity index (χ4n) is 3.87. The van der Waals surface area contributed by atoms with Gasteiger partial charge in [0.15, 0.2) is 11.5 Å². The number of amides is 1. The van der Waals surface area contributed by atoms with Crippen molar-refractivity contribution in [3.63, 3.8) is 0 Å². The first-order chi connectivity index (χ1) is 14.9. The summed E-state index contributed by atoms with van der Waals surface area (Å²) in [6.07, 6.45) is 0. The number of carbonyl (C=O) groups is 1. The van der Waals surface area contributed by atoms with Crippen molar-refractivity contribution in [2.24, 2.45) is 0 Å². The highest BCUT2D eigenvalue weighted by Gasteiger charge is 2.34. The third-order valence-electron chi connectivity index (χ3n) is 5.45. The van der Waals surface area contributed by atoms with Crippen LogP contribution < -0.4 is 14.8 Å². The van der Waals surface area contributed by atoms with E-state index in [1.807, 2.05) is 74.8 Å². The van der Waals surface area contributed by atoms with Gasteiger partial charge in [-0.3, -0.25) is 4.79 Å². The molecule has 0 aliphatic carbocycles. The lowest BCUT2D eigenvalue weighted by Gasteiger charge is -2.19. The predicted octanol–water partition coefficient (Wildman–Crippen LogP) is 5.06. The van der Waals surface area contributed by atoms with E-state index in [2.05, 4.69) is 5.32 Å². The zero-order chi connectivity index (χ0) is 22.1. The molecule has 162 valence electrons. The molecule has 0 spiro atoms. The number of hydrogen-bond acceptors (Lipinski definition) is 5. The van der Waals surface area contributed by atoms with E-state index in [0.717, 1.165) is 33.9 Å². The van der Waals surface area contributed by atoms with Crippen molar-refractivity contribution in [1.82, 2.24) is 9.78 Å². The zero-order valence-corrected chi connectivity index (χ0v) is 19.2. The van der Waals surface area contributed by atoms with E-state index in [9.17, 15) is 4.79 Å². The number of fused-ring (bicyclic) bond motifs is 1. The van der Waals surface area contributed by atoms with Gasteiger partial charge in [-0.05, 0) is 57.0 Å². The molecule has 0 bridgehead atoms. The average Bonchev–Trinajstić information content (AvgIpc) is 3.00. The smallest absolute Gasteiger partial charge is 0.238 e. The van der Waals surface area contributed by atoms with Gasteiger partial charge in [-0.15, -0.1) is 11.8 Å². The Kier molecular flexibility index (Phi) is 5.96. The summed E-state index contributed by atoms with van der Waals surface area (Å²) in [4.78, 5) is 12.9. The second-order valence-electron chi connectivity index (χ2n) is 7.54. The lowest BCUT2D eigenvalue weighted by Crippen LogP contribution is -2.22. The van der Waals surface area contributed by atoms with E-state index in [4.69, 9.17) is 14.6 Å². The van der Waals surface area contributed by atoms with Gasteiger partial charge in [0.1, 0.15) is 5.82 Å². The maximum Gasteiger partial charge on any atom is 0.238 e.